The Kier molecular flexibility index (Phi) is 5.43. The van der Waals surface area contributed by atoms with E-state index in [1.807, 2.05) is 0 Å². The number of nitrogens with one attached hydrogen (secondary N) is 2. The van der Waals surface area contributed by atoms with E-state index in [1.165, 1.54) is 32.3 Å². The van der Waals surface area contributed by atoms with Crippen LogP contribution in [-0.2, 0) is 4.79 Å². The van der Waals surface area contributed by atoms with Gasteiger partial charge in [-0.2, -0.15) is 0 Å². The topological polar surface area (TPSA) is 113 Å². The molecular formula is C17H18ClF2N7O. The number of pyridine rings is 1. The SMILES string of the molecule is CC(C)(C(=O)NCC(F)F)N(N)c1ccnc(-c2c[nH]c3ncc(Cl)cc23)n1. The summed E-state index contributed by atoms with van der Waals surface area (Å²) in [5.41, 5.74) is -0.0593. The number of nitrogens with zero attached hydrogens (tertiary/aromatic N) is 4. The summed E-state index contributed by atoms with van der Waals surface area (Å²) in [5.74, 6) is 6.02. The van der Waals surface area contributed by atoms with Gasteiger partial charge in [0.15, 0.2) is 5.82 Å². The number of halogens is 3. The van der Waals surface area contributed by atoms with E-state index < -0.39 is 24.4 Å². The summed E-state index contributed by atoms with van der Waals surface area (Å²) in [6.07, 6.45) is 2.04. The Morgan fingerprint density at radius 2 is 2.18 bits per heavy atom. The van der Waals surface area contributed by atoms with Crippen LogP contribution in [-0.4, -0.2) is 44.4 Å². The lowest BCUT2D eigenvalue weighted by atomic mass is 10.0. The van der Waals surface area contributed by atoms with Gasteiger partial charge >= 0.3 is 0 Å². The second-order valence-corrected chi connectivity index (χ2v) is 6.96. The van der Waals surface area contributed by atoms with Crippen LogP contribution in [0.2, 0.25) is 5.02 Å². The summed E-state index contributed by atoms with van der Waals surface area (Å²) < 4.78 is 24.8. The fourth-order valence-corrected chi connectivity index (χ4v) is 2.72. The largest absolute Gasteiger partial charge is 0.348 e. The number of hydrogen-bond acceptors (Lipinski definition) is 6. The third-order valence-corrected chi connectivity index (χ3v) is 4.41. The van der Waals surface area contributed by atoms with Crippen LogP contribution in [0.1, 0.15) is 13.8 Å². The number of nitrogens with two attached hydrogens (primary N) is 1. The van der Waals surface area contributed by atoms with Crippen LogP contribution >= 0.6 is 11.6 Å². The zero-order valence-electron chi connectivity index (χ0n) is 15.1. The highest BCUT2D eigenvalue weighted by molar-refractivity contribution is 6.31. The minimum Gasteiger partial charge on any atom is -0.348 e. The number of alkyl halides is 2. The number of hydrazine groups is 1. The number of rotatable bonds is 6. The van der Waals surface area contributed by atoms with Gasteiger partial charge in [0.2, 0.25) is 5.91 Å². The van der Waals surface area contributed by atoms with E-state index in [0.717, 1.165) is 10.4 Å². The van der Waals surface area contributed by atoms with Gasteiger partial charge in [0, 0.05) is 35.6 Å². The van der Waals surface area contributed by atoms with Crippen molar-refractivity contribution in [2.45, 2.75) is 25.8 Å². The Hall–Kier alpha value is -2.85. The predicted octanol–water partition coefficient (Wildman–Crippen LogP) is 2.51. The average molecular weight is 410 g/mol. The predicted molar refractivity (Wildman–Crippen MR) is 102 cm³/mol. The van der Waals surface area contributed by atoms with Crippen molar-refractivity contribution in [2.24, 2.45) is 5.84 Å². The van der Waals surface area contributed by atoms with Crippen LogP contribution in [0.25, 0.3) is 22.4 Å². The first-order chi connectivity index (χ1) is 13.2. The summed E-state index contributed by atoms with van der Waals surface area (Å²) >= 11 is 6.02. The van der Waals surface area contributed by atoms with Gasteiger partial charge in [-0.1, -0.05) is 11.6 Å². The van der Waals surface area contributed by atoms with Crippen molar-refractivity contribution in [2.75, 3.05) is 11.6 Å². The maximum atomic E-state index is 12.4. The van der Waals surface area contributed by atoms with E-state index >= 15 is 0 Å². The van der Waals surface area contributed by atoms with Crippen LogP contribution in [0.15, 0.2) is 30.7 Å². The summed E-state index contributed by atoms with van der Waals surface area (Å²) in [5, 5.41) is 4.46. The Bertz CT molecular complexity index is 1010. The number of fused-ring (bicyclic) bond motifs is 1. The average Bonchev–Trinajstić information content (AvgIpc) is 3.08. The molecule has 3 aromatic rings. The number of carbonyl (C=O) groups excluding carboxylic acids is 1. The smallest absolute Gasteiger partial charge is 0.255 e. The standard InChI is InChI=1S/C17H18ClF2N7O/c1-17(2,16(28)25-8-12(19)20)27(21)13-3-4-22-15(26-13)11-7-24-14-10(11)5-9(18)6-23-14/h3-7,12H,8,21H2,1-2H3,(H,23,24)(H,25,28). The Morgan fingerprint density at radius 3 is 2.89 bits per heavy atom. The van der Waals surface area contributed by atoms with Gasteiger partial charge < -0.3 is 10.3 Å². The third-order valence-electron chi connectivity index (χ3n) is 4.20. The molecule has 3 heterocycles. The lowest BCUT2D eigenvalue weighted by Crippen LogP contribution is -2.59. The molecule has 8 nitrogen and oxygen atoms in total. The van der Waals surface area contributed by atoms with Crippen molar-refractivity contribution in [1.82, 2.24) is 25.3 Å². The van der Waals surface area contributed by atoms with Gasteiger partial charge in [0.25, 0.3) is 6.43 Å². The molecule has 28 heavy (non-hydrogen) atoms. The summed E-state index contributed by atoms with van der Waals surface area (Å²) in [7, 11) is 0. The van der Waals surface area contributed by atoms with Crippen molar-refractivity contribution in [3.05, 3.63) is 35.7 Å². The molecule has 3 rings (SSSR count). The number of anilines is 1. The van der Waals surface area contributed by atoms with Crippen LogP contribution in [0.5, 0.6) is 0 Å². The number of H-pyrrole nitrogens is 1. The Balaban J connectivity index is 1.92. The van der Waals surface area contributed by atoms with Crippen molar-refractivity contribution >= 4 is 34.4 Å². The van der Waals surface area contributed by atoms with E-state index in [0.29, 0.717) is 22.1 Å². The lowest BCUT2D eigenvalue weighted by Gasteiger charge is -2.34. The van der Waals surface area contributed by atoms with E-state index in [9.17, 15) is 13.6 Å². The number of amides is 1. The molecule has 0 saturated carbocycles. The Labute approximate surface area is 164 Å². The van der Waals surface area contributed by atoms with Gasteiger partial charge in [-0.3, -0.25) is 9.80 Å². The van der Waals surface area contributed by atoms with E-state index in [4.69, 9.17) is 17.4 Å². The van der Waals surface area contributed by atoms with Gasteiger partial charge in [-0.05, 0) is 19.9 Å². The fourth-order valence-electron chi connectivity index (χ4n) is 2.56. The minimum atomic E-state index is -2.65. The monoisotopic (exact) mass is 409 g/mol. The fraction of sp³-hybridized carbons (Fsp3) is 0.294. The number of aromatic nitrogens is 4. The molecule has 0 fully saturated rings. The molecule has 0 bridgehead atoms. The molecule has 11 heteroatoms. The summed E-state index contributed by atoms with van der Waals surface area (Å²) in [4.78, 5) is 28.1. The van der Waals surface area contributed by atoms with Gasteiger partial charge in [0.05, 0.1) is 11.6 Å². The van der Waals surface area contributed by atoms with Crippen molar-refractivity contribution in [1.29, 1.82) is 0 Å². The molecule has 3 aromatic heterocycles. The molecule has 0 radical (unpaired) electrons. The third kappa shape index (κ3) is 3.87. The molecular weight excluding hydrogens is 392 g/mol. The molecule has 1 amide bonds. The maximum absolute atomic E-state index is 12.4. The maximum Gasteiger partial charge on any atom is 0.255 e. The molecule has 4 N–H and O–H groups in total. The van der Waals surface area contributed by atoms with Crippen molar-refractivity contribution < 1.29 is 13.6 Å². The second kappa shape index (κ2) is 7.64. The first-order valence-corrected chi connectivity index (χ1v) is 8.65. The highest BCUT2D eigenvalue weighted by atomic mass is 35.5. The molecule has 0 aliphatic heterocycles. The van der Waals surface area contributed by atoms with Crippen LogP contribution in [0.3, 0.4) is 0 Å². The van der Waals surface area contributed by atoms with E-state index in [1.54, 1.807) is 12.3 Å². The molecule has 0 spiro atoms. The number of aromatic amines is 1. The molecule has 0 unspecified atom stereocenters. The highest BCUT2D eigenvalue weighted by Crippen LogP contribution is 2.28. The highest BCUT2D eigenvalue weighted by Gasteiger charge is 2.34. The Morgan fingerprint density at radius 1 is 1.43 bits per heavy atom. The molecule has 0 atom stereocenters. The molecule has 148 valence electrons. The summed E-state index contributed by atoms with van der Waals surface area (Å²) in [6, 6.07) is 3.25. The van der Waals surface area contributed by atoms with Gasteiger partial charge in [0.1, 0.15) is 17.0 Å². The van der Waals surface area contributed by atoms with Crippen LogP contribution in [0, 0.1) is 0 Å². The molecule has 0 saturated heterocycles. The molecule has 0 aliphatic rings. The van der Waals surface area contributed by atoms with Crippen molar-refractivity contribution in [3.63, 3.8) is 0 Å². The minimum absolute atomic E-state index is 0.242. The van der Waals surface area contributed by atoms with Crippen molar-refractivity contribution in [3.8, 4) is 11.4 Å². The number of hydrogen-bond donors (Lipinski definition) is 3. The van der Waals surface area contributed by atoms with Crippen LogP contribution < -0.4 is 16.2 Å². The van der Waals surface area contributed by atoms with Gasteiger partial charge in [-0.15, -0.1) is 0 Å². The second-order valence-electron chi connectivity index (χ2n) is 6.52. The zero-order chi connectivity index (χ0) is 20.5. The normalized spacial score (nSPS) is 11.8. The van der Waals surface area contributed by atoms with E-state index in [-0.39, 0.29) is 5.82 Å². The first-order valence-electron chi connectivity index (χ1n) is 8.27. The molecule has 0 aromatic carbocycles. The zero-order valence-corrected chi connectivity index (χ0v) is 15.8. The first kappa shape index (κ1) is 19.9. The quantitative estimate of drug-likeness (QED) is 0.426. The molecule has 0 aliphatic carbocycles. The summed E-state index contributed by atoms with van der Waals surface area (Å²) in [6.45, 7) is 2.25. The van der Waals surface area contributed by atoms with Gasteiger partial charge in [-0.25, -0.2) is 29.6 Å². The van der Waals surface area contributed by atoms with Crippen LogP contribution in [0.4, 0.5) is 14.6 Å². The number of carbonyl (C=O) groups is 1. The van der Waals surface area contributed by atoms with E-state index in [2.05, 4.69) is 25.3 Å². The lowest BCUT2D eigenvalue weighted by molar-refractivity contribution is -0.126.